The summed E-state index contributed by atoms with van der Waals surface area (Å²) in [6, 6.07) is 3.86. The maximum absolute atomic E-state index is 12.6. The molecule has 0 radical (unpaired) electrons. The zero-order valence-corrected chi connectivity index (χ0v) is 10.7. The van der Waals surface area contributed by atoms with Crippen molar-refractivity contribution in [1.29, 1.82) is 0 Å². The fourth-order valence-corrected chi connectivity index (χ4v) is 2.91. The fraction of sp³-hybridized carbons (Fsp3) is 0.125. The number of halogens is 4. The molecule has 1 aromatic carbocycles. The lowest BCUT2D eigenvalue weighted by molar-refractivity contribution is -0.140. The summed E-state index contributed by atoms with van der Waals surface area (Å²) in [5, 5.41) is 12.6. The van der Waals surface area contributed by atoms with Gasteiger partial charge in [0.05, 0.1) is 11.9 Å². The molecule has 0 amide bonds. The minimum Gasteiger partial charge on any atom is -0.508 e. The Balaban J connectivity index is 2.79. The molecule has 1 aromatic heterocycles. The average Bonchev–Trinajstić information content (AvgIpc) is 2.54. The largest absolute Gasteiger partial charge is 0.508 e. The molecule has 2 rings (SSSR count). The van der Waals surface area contributed by atoms with Crippen LogP contribution >= 0.6 is 28.4 Å². The van der Waals surface area contributed by atoms with E-state index in [-0.39, 0.29) is 17.5 Å². The van der Waals surface area contributed by atoms with Crippen molar-refractivity contribution in [1.82, 2.24) is 9.55 Å². The highest BCUT2D eigenvalue weighted by atomic mass is 127. The van der Waals surface area contributed by atoms with Crippen LogP contribution in [-0.4, -0.2) is 14.7 Å². The number of phenolic OH excluding ortho intramolecular Hbond substituents is 1. The molecule has 86 valence electrons. The van der Waals surface area contributed by atoms with Gasteiger partial charge in [-0.25, -0.2) is 4.45 Å². The van der Waals surface area contributed by atoms with Crippen molar-refractivity contribution in [2.45, 2.75) is 6.18 Å². The highest BCUT2D eigenvalue weighted by Gasteiger charge is 2.36. The number of benzene rings is 1. The predicted molar refractivity (Wildman–Crippen MR) is 64.1 cm³/mol. The Hall–Kier alpha value is -0.560. The van der Waals surface area contributed by atoms with E-state index < -0.39 is 11.9 Å². The fourth-order valence-electron chi connectivity index (χ4n) is 1.38. The average molecular weight is 360 g/mol. The van der Waals surface area contributed by atoms with Crippen molar-refractivity contribution in [3.05, 3.63) is 23.9 Å². The van der Waals surface area contributed by atoms with E-state index in [1.165, 1.54) is 16.6 Å². The number of alkyl halides is 3. The summed E-state index contributed by atoms with van der Waals surface area (Å²) < 4.78 is 39.2. The predicted octanol–water partition coefficient (Wildman–Crippen LogP) is 3.55. The molecule has 0 saturated heterocycles. The molecule has 2 aromatic rings. The number of rotatable bonds is 1. The molecule has 0 spiro atoms. The summed E-state index contributed by atoms with van der Waals surface area (Å²) in [7, 11) is 0. The van der Waals surface area contributed by atoms with E-state index >= 15 is 0 Å². The first-order valence-electron chi connectivity index (χ1n) is 4.09. The maximum Gasteiger partial charge on any atom is 0.435 e. The van der Waals surface area contributed by atoms with Gasteiger partial charge < -0.3 is 5.11 Å². The van der Waals surface area contributed by atoms with Gasteiger partial charge in [-0.3, -0.25) is 0 Å². The monoisotopic (exact) mass is 360 g/mol. The van der Waals surface area contributed by atoms with Crippen molar-refractivity contribution in [2.24, 2.45) is 0 Å². The van der Waals surface area contributed by atoms with Gasteiger partial charge in [-0.05, 0) is 40.2 Å². The Labute approximate surface area is 103 Å². The van der Waals surface area contributed by atoms with Crippen LogP contribution in [0.1, 0.15) is 5.69 Å². The lowest BCUT2D eigenvalue weighted by Crippen LogP contribution is -2.06. The van der Waals surface area contributed by atoms with Crippen LogP contribution in [-0.2, 0) is 6.18 Å². The smallest absolute Gasteiger partial charge is 0.435 e. The molecular formula is C8H5F3IN2OP. The van der Waals surface area contributed by atoms with Gasteiger partial charge in [0.25, 0.3) is 0 Å². The topological polar surface area (TPSA) is 38.1 Å². The molecule has 1 heterocycles. The Kier molecular flexibility index (Phi) is 3.00. The van der Waals surface area contributed by atoms with Gasteiger partial charge in [0.1, 0.15) is 5.75 Å². The Bertz CT molecular complexity index is 540. The van der Waals surface area contributed by atoms with Crippen LogP contribution in [0.3, 0.4) is 0 Å². The minimum atomic E-state index is -4.51. The molecule has 1 atom stereocenters. The maximum atomic E-state index is 12.6. The number of aromatic nitrogens is 2. The molecule has 0 aliphatic rings. The summed E-state index contributed by atoms with van der Waals surface area (Å²) in [5.41, 5.74) is -0.583. The van der Waals surface area contributed by atoms with Crippen LogP contribution in [0.15, 0.2) is 18.2 Å². The minimum absolute atomic E-state index is 0.0725. The summed E-state index contributed by atoms with van der Waals surface area (Å²) >= 11 is 1.95. The first-order chi connectivity index (χ1) is 7.43. The quantitative estimate of drug-likeness (QED) is 0.624. The van der Waals surface area contributed by atoms with Gasteiger partial charge in [0.15, 0.2) is 5.69 Å². The van der Waals surface area contributed by atoms with E-state index in [1.54, 1.807) is 0 Å². The van der Waals surface area contributed by atoms with Crippen molar-refractivity contribution < 1.29 is 18.3 Å². The van der Waals surface area contributed by atoms with Crippen molar-refractivity contribution in [3.8, 4) is 5.75 Å². The summed E-state index contributed by atoms with van der Waals surface area (Å²) in [4.78, 5) is 0. The zero-order chi connectivity index (χ0) is 11.9. The van der Waals surface area contributed by atoms with Crippen molar-refractivity contribution in [3.63, 3.8) is 0 Å². The van der Waals surface area contributed by atoms with Crippen LogP contribution in [0.5, 0.6) is 5.75 Å². The molecule has 1 unspecified atom stereocenters. The second-order valence-electron chi connectivity index (χ2n) is 3.04. The molecule has 0 aliphatic carbocycles. The van der Waals surface area contributed by atoms with E-state index in [0.29, 0.717) is 5.52 Å². The third-order valence-electron chi connectivity index (χ3n) is 2.01. The molecular weight excluding hydrogens is 355 g/mol. The van der Waals surface area contributed by atoms with E-state index in [0.717, 1.165) is 6.07 Å². The van der Waals surface area contributed by atoms with E-state index in [2.05, 4.69) is 5.10 Å². The standard InChI is InChI=1S/C8H5F3IN2OP/c9-8(10,11)7-5-3-4(15)1-2-6(5)14(13-7)16-12/h1-3,15-16H. The number of fused-ring (bicyclic) bond motifs is 1. The number of aromatic hydroxyl groups is 1. The van der Waals surface area contributed by atoms with Crippen LogP contribution in [0.4, 0.5) is 13.2 Å². The van der Waals surface area contributed by atoms with Crippen LogP contribution in [0.2, 0.25) is 0 Å². The molecule has 1 N–H and O–H groups in total. The summed E-state index contributed by atoms with van der Waals surface area (Å²) in [6.45, 7) is 0. The lowest BCUT2D eigenvalue weighted by atomic mass is 10.2. The van der Waals surface area contributed by atoms with Crippen LogP contribution in [0.25, 0.3) is 10.9 Å². The Morgan fingerprint density at radius 3 is 2.62 bits per heavy atom. The van der Waals surface area contributed by atoms with Crippen molar-refractivity contribution >= 4 is 39.3 Å². The molecule has 3 nitrogen and oxygen atoms in total. The van der Waals surface area contributed by atoms with Gasteiger partial charge in [0.2, 0.25) is 0 Å². The first-order valence-corrected chi connectivity index (χ1v) is 8.15. The van der Waals surface area contributed by atoms with Gasteiger partial charge in [0, 0.05) is 5.39 Å². The lowest BCUT2D eigenvalue weighted by Gasteiger charge is -2.01. The molecule has 0 fully saturated rings. The van der Waals surface area contributed by atoms with Gasteiger partial charge in [-0.15, -0.1) is 0 Å². The Morgan fingerprint density at radius 1 is 1.38 bits per heavy atom. The van der Waals surface area contributed by atoms with E-state index in [1.807, 2.05) is 22.0 Å². The summed E-state index contributed by atoms with van der Waals surface area (Å²) in [6.07, 6.45) is -4.43. The van der Waals surface area contributed by atoms with Gasteiger partial charge in [-0.2, -0.15) is 18.3 Å². The van der Waals surface area contributed by atoms with Crippen LogP contribution in [0, 0.1) is 0 Å². The van der Waals surface area contributed by atoms with Crippen LogP contribution < -0.4 is 0 Å². The number of nitrogens with zero attached hydrogens (tertiary/aromatic N) is 2. The van der Waals surface area contributed by atoms with E-state index in [9.17, 15) is 18.3 Å². The Morgan fingerprint density at radius 2 is 2.06 bits per heavy atom. The molecule has 8 heteroatoms. The normalized spacial score (nSPS) is 13.0. The SMILES string of the molecule is Oc1ccc2c(c1)c(C(F)(F)F)nn2PI. The zero-order valence-electron chi connectivity index (χ0n) is 7.59. The third kappa shape index (κ3) is 1.98. The number of phenols is 1. The molecule has 0 saturated carbocycles. The summed E-state index contributed by atoms with van der Waals surface area (Å²) in [5.74, 6) is -0.200. The third-order valence-corrected chi connectivity index (χ3v) is 3.88. The van der Waals surface area contributed by atoms with Gasteiger partial charge >= 0.3 is 6.18 Å². The van der Waals surface area contributed by atoms with E-state index in [4.69, 9.17) is 0 Å². The van der Waals surface area contributed by atoms with Crippen molar-refractivity contribution in [2.75, 3.05) is 0 Å². The number of hydrogen-bond acceptors (Lipinski definition) is 2. The highest BCUT2D eigenvalue weighted by molar-refractivity contribution is 14.2. The number of hydrogen-bond donors (Lipinski definition) is 1. The van der Waals surface area contributed by atoms with Gasteiger partial charge in [-0.1, -0.05) is 0 Å². The second-order valence-corrected chi connectivity index (χ2v) is 5.08. The molecule has 0 bridgehead atoms. The first kappa shape index (κ1) is 11.9. The molecule has 16 heavy (non-hydrogen) atoms. The highest BCUT2D eigenvalue weighted by Crippen LogP contribution is 2.38. The second kappa shape index (κ2) is 4.03. The molecule has 0 aliphatic heterocycles.